The lowest BCUT2D eigenvalue weighted by atomic mass is 9.99. The molecule has 2 rings (SSSR count). The maximum atomic E-state index is 11.7. The number of nitrogens with zero attached hydrogens (tertiary/aromatic N) is 2. The van der Waals surface area contributed by atoms with E-state index in [1.165, 1.54) is 12.8 Å². The Morgan fingerprint density at radius 3 is 2.73 bits per heavy atom. The summed E-state index contributed by atoms with van der Waals surface area (Å²) in [4.78, 5) is 17.9. The second-order valence-electron chi connectivity index (χ2n) is 6.06. The van der Waals surface area contributed by atoms with Gasteiger partial charge in [0, 0.05) is 32.0 Å². The highest BCUT2D eigenvalue weighted by molar-refractivity contribution is 5.73. The number of aromatic nitrogens is 1. The monoisotopic (exact) mass is 306 g/mol. The first-order valence-corrected chi connectivity index (χ1v) is 7.94. The number of hydrogen-bond acceptors (Lipinski definition) is 4. The van der Waals surface area contributed by atoms with Gasteiger partial charge in [-0.25, -0.2) is 4.79 Å². The van der Waals surface area contributed by atoms with Gasteiger partial charge in [-0.3, -0.25) is 4.98 Å². The number of likely N-dealkylation sites (tertiary alicyclic amines) is 1. The van der Waals surface area contributed by atoms with Crippen molar-refractivity contribution in [3.63, 3.8) is 0 Å². The van der Waals surface area contributed by atoms with E-state index >= 15 is 0 Å². The van der Waals surface area contributed by atoms with Gasteiger partial charge < -0.3 is 20.6 Å². The molecule has 2 heterocycles. The lowest BCUT2D eigenvalue weighted by Crippen LogP contribution is -2.45. The summed E-state index contributed by atoms with van der Waals surface area (Å²) in [6.45, 7) is 5.68. The van der Waals surface area contributed by atoms with E-state index in [4.69, 9.17) is 0 Å². The summed E-state index contributed by atoms with van der Waals surface area (Å²) in [5.74, 6) is 0.783. The van der Waals surface area contributed by atoms with Crippen LogP contribution in [0.15, 0.2) is 24.5 Å². The van der Waals surface area contributed by atoms with Gasteiger partial charge in [0.2, 0.25) is 0 Å². The molecule has 122 valence electrons. The molecule has 0 radical (unpaired) electrons. The number of carbonyl (C=O) groups is 1. The molecule has 1 aromatic rings. The molecule has 0 bridgehead atoms. The number of β-amino-alcohol motifs (C(OH)–C–C–N with tert-alkyl or cyclic N) is 1. The van der Waals surface area contributed by atoms with Crippen molar-refractivity contribution in [2.24, 2.45) is 5.92 Å². The van der Waals surface area contributed by atoms with E-state index in [9.17, 15) is 9.90 Å². The Balaban J connectivity index is 1.59. The fourth-order valence-electron chi connectivity index (χ4n) is 2.56. The van der Waals surface area contributed by atoms with Gasteiger partial charge in [0.25, 0.3) is 0 Å². The summed E-state index contributed by atoms with van der Waals surface area (Å²) in [6, 6.07) is 3.45. The van der Waals surface area contributed by atoms with Crippen molar-refractivity contribution in [3.05, 3.63) is 30.1 Å². The number of hydrogen-bond donors (Lipinski definition) is 3. The van der Waals surface area contributed by atoms with Crippen LogP contribution < -0.4 is 10.6 Å². The third-order valence-electron chi connectivity index (χ3n) is 4.05. The molecule has 6 heteroatoms. The van der Waals surface area contributed by atoms with Crippen molar-refractivity contribution < 1.29 is 9.90 Å². The quantitative estimate of drug-likeness (QED) is 0.732. The summed E-state index contributed by atoms with van der Waals surface area (Å²) >= 11 is 0. The number of pyridine rings is 1. The van der Waals surface area contributed by atoms with Crippen LogP contribution in [0.2, 0.25) is 0 Å². The zero-order valence-corrected chi connectivity index (χ0v) is 13.2. The molecule has 2 amide bonds. The van der Waals surface area contributed by atoms with Gasteiger partial charge in [0.1, 0.15) is 0 Å². The van der Waals surface area contributed by atoms with Gasteiger partial charge in [-0.05, 0) is 49.5 Å². The smallest absolute Gasteiger partial charge is 0.315 e. The zero-order valence-electron chi connectivity index (χ0n) is 13.2. The normalized spacial score (nSPS) is 17.9. The van der Waals surface area contributed by atoms with Crippen molar-refractivity contribution in [3.8, 4) is 0 Å². The van der Waals surface area contributed by atoms with Crippen LogP contribution in [0.5, 0.6) is 0 Å². The lowest BCUT2D eigenvalue weighted by molar-refractivity contribution is 0.0920. The summed E-state index contributed by atoms with van der Waals surface area (Å²) in [5.41, 5.74) is 0.994. The number of urea groups is 1. The molecule has 0 spiro atoms. The third kappa shape index (κ3) is 5.99. The van der Waals surface area contributed by atoms with Crippen molar-refractivity contribution >= 4 is 6.03 Å². The highest BCUT2D eigenvalue weighted by Gasteiger charge is 2.18. The molecule has 1 fully saturated rings. The third-order valence-corrected chi connectivity index (χ3v) is 4.05. The number of carbonyl (C=O) groups excluding carboxylic acids is 1. The molecule has 0 unspecified atom stereocenters. The molecule has 0 saturated carbocycles. The highest BCUT2D eigenvalue weighted by atomic mass is 16.3. The Labute approximate surface area is 131 Å². The molecule has 1 aliphatic heterocycles. The Morgan fingerprint density at radius 1 is 1.36 bits per heavy atom. The molecule has 1 aliphatic rings. The van der Waals surface area contributed by atoms with Gasteiger partial charge in [-0.1, -0.05) is 6.92 Å². The van der Waals surface area contributed by atoms with Crippen LogP contribution >= 0.6 is 0 Å². The van der Waals surface area contributed by atoms with Crippen molar-refractivity contribution in [1.29, 1.82) is 0 Å². The molecule has 6 nitrogen and oxygen atoms in total. The fourth-order valence-corrected chi connectivity index (χ4v) is 2.56. The summed E-state index contributed by atoms with van der Waals surface area (Å²) in [6.07, 6.45) is 5.23. The van der Waals surface area contributed by atoms with E-state index in [1.807, 2.05) is 12.1 Å². The van der Waals surface area contributed by atoms with E-state index in [2.05, 4.69) is 27.4 Å². The molecular weight excluding hydrogens is 280 g/mol. The van der Waals surface area contributed by atoms with Crippen LogP contribution in [0.25, 0.3) is 0 Å². The number of rotatable bonds is 6. The zero-order chi connectivity index (χ0) is 15.8. The van der Waals surface area contributed by atoms with Crippen LogP contribution in [-0.2, 0) is 6.54 Å². The molecule has 1 atom stereocenters. The average Bonchev–Trinajstić information content (AvgIpc) is 2.54. The van der Waals surface area contributed by atoms with Gasteiger partial charge >= 0.3 is 6.03 Å². The van der Waals surface area contributed by atoms with Crippen molar-refractivity contribution in [2.75, 3.05) is 26.2 Å². The topological polar surface area (TPSA) is 77.5 Å². The van der Waals surface area contributed by atoms with E-state index in [-0.39, 0.29) is 12.6 Å². The van der Waals surface area contributed by atoms with E-state index in [1.54, 1.807) is 12.4 Å². The van der Waals surface area contributed by atoms with Gasteiger partial charge in [0.15, 0.2) is 0 Å². The van der Waals surface area contributed by atoms with Gasteiger partial charge in [0.05, 0.1) is 6.10 Å². The fraction of sp³-hybridized carbons (Fsp3) is 0.625. The number of aliphatic hydroxyl groups excluding tert-OH is 1. The SMILES string of the molecule is CC1CCN(C[C@H](O)CNC(=O)NCc2ccncc2)CC1. The minimum atomic E-state index is -0.528. The Morgan fingerprint density at radius 2 is 2.05 bits per heavy atom. The van der Waals surface area contributed by atoms with Crippen LogP contribution in [-0.4, -0.2) is 53.3 Å². The molecule has 22 heavy (non-hydrogen) atoms. The maximum absolute atomic E-state index is 11.7. The van der Waals surface area contributed by atoms with Crippen LogP contribution in [0.1, 0.15) is 25.3 Å². The first-order valence-electron chi connectivity index (χ1n) is 7.94. The molecule has 1 aromatic heterocycles. The summed E-state index contributed by atoms with van der Waals surface area (Å²) in [7, 11) is 0. The molecule has 3 N–H and O–H groups in total. The van der Waals surface area contributed by atoms with Crippen LogP contribution in [0, 0.1) is 5.92 Å². The Bertz CT molecular complexity index is 447. The predicted octanol–water partition coefficient (Wildman–Crippen LogP) is 0.974. The number of piperidine rings is 1. The van der Waals surface area contributed by atoms with Gasteiger partial charge in [-0.15, -0.1) is 0 Å². The minimum absolute atomic E-state index is 0.261. The van der Waals surface area contributed by atoms with Crippen molar-refractivity contribution in [1.82, 2.24) is 20.5 Å². The highest BCUT2D eigenvalue weighted by Crippen LogP contribution is 2.15. The van der Waals surface area contributed by atoms with Gasteiger partial charge in [-0.2, -0.15) is 0 Å². The van der Waals surface area contributed by atoms with E-state index in [0.29, 0.717) is 13.1 Å². The lowest BCUT2D eigenvalue weighted by Gasteiger charge is -2.31. The number of aliphatic hydroxyl groups is 1. The number of amides is 2. The average molecular weight is 306 g/mol. The Kier molecular flexibility index (Phi) is 6.61. The largest absolute Gasteiger partial charge is 0.390 e. The van der Waals surface area contributed by atoms with E-state index in [0.717, 1.165) is 24.6 Å². The van der Waals surface area contributed by atoms with E-state index < -0.39 is 6.10 Å². The number of nitrogens with one attached hydrogen (secondary N) is 2. The summed E-state index contributed by atoms with van der Waals surface area (Å²) in [5, 5.41) is 15.5. The van der Waals surface area contributed by atoms with Crippen LogP contribution in [0.3, 0.4) is 0 Å². The first kappa shape index (κ1) is 16.7. The maximum Gasteiger partial charge on any atom is 0.315 e. The predicted molar refractivity (Wildman–Crippen MR) is 85.3 cm³/mol. The van der Waals surface area contributed by atoms with Crippen molar-refractivity contribution in [2.45, 2.75) is 32.4 Å². The van der Waals surface area contributed by atoms with Crippen LogP contribution in [0.4, 0.5) is 4.79 Å². The second kappa shape index (κ2) is 8.70. The molecular formula is C16H26N4O2. The molecule has 1 saturated heterocycles. The molecule has 0 aromatic carbocycles. The standard InChI is InChI=1S/C16H26N4O2/c1-13-4-8-20(9-5-13)12-15(21)11-19-16(22)18-10-14-2-6-17-7-3-14/h2-3,6-7,13,15,21H,4-5,8-12H2,1H3,(H2,18,19,22)/t15-/m1/s1. The summed E-state index contributed by atoms with van der Waals surface area (Å²) < 4.78 is 0. The minimum Gasteiger partial charge on any atom is -0.390 e. The first-order chi connectivity index (χ1) is 10.6. The Hall–Kier alpha value is -1.66. The second-order valence-corrected chi connectivity index (χ2v) is 6.06. The molecule has 0 aliphatic carbocycles.